The molecule has 102 valence electrons. The minimum atomic E-state index is 0.540. The summed E-state index contributed by atoms with van der Waals surface area (Å²) < 4.78 is 0. The lowest BCUT2D eigenvalue weighted by Crippen LogP contribution is -1.95. The lowest BCUT2D eigenvalue weighted by molar-refractivity contribution is 0.977. The number of aromatic nitrogens is 4. The molecule has 1 aromatic carbocycles. The summed E-state index contributed by atoms with van der Waals surface area (Å²) in [5.41, 5.74) is 2.60. The molecular formula is C17H14N4. The lowest BCUT2D eigenvalue weighted by atomic mass is 10.1. The van der Waals surface area contributed by atoms with Gasteiger partial charge in [-0.2, -0.15) is 0 Å². The minimum absolute atomic E-state index is 0.540. The van der Waals surface area contributed by atoms with E-state index in [1.165, 1.54) is 17.5 Å². The van der Waals surface area contributed by atoms with Crippen molar-refractivity contribution in [3.05, 3.63) is 72.3 Å². The summed E-state index contributed by atoms with van der Waals surface area (Å²) in [6, 6.07) is 12.4. The van der Waals surface area contributed by atoms with Crippen molar-refractivity contribution in [2.24, 2.45) is 0 Å². The molecule has 0 saturated heterocycles. The monoisotopic (exact) mass is 274 g/mol. The van der Waals surface area contributed by atoms with E-state index in [1.54, 1.807) is 18.5 Å². The van der Waals surface area contributed by atoms with E-state index in [0.717, 1.165) is 0 Å². The molecule has 1 aliphatic rings. The minimum Gasteiger partial charge on any atom is -0.234 e. The quantitative estimate of drug-likeness (QED) is 0.736. The van der Waals surface area contributed by atoms with Crippen molar-refractivity contribution >= 4 is 0 Å². The maximum Gasteiger partial charge on any atom is 0.197 e. The Morgan fingerprint density at radius 2 is 1.29 bits per heavy atom. The molecule has 2 aromatic heterocycles. The van der Waals surface area contributed by atoms with E-state index in [9.17, 15) is 0 Å². The Bertz CT molecular complexity index is 726. The van der Waals surface area contributed by atoms with E-state index in [2.05, 4.69) is 50.3 Å². The molecular weight excluding hydrogens is 260 g/mol. The maximum absolute atomic E-state index is 4.40. The summed E-state index contributed by atoms with van der Waals surface area (Å²) in [7, 11) is 0. The second-order valence-corrected chi connectivity index (χ2v) is 5.27. The van der Waals surface area contributed by atoms with Crippen molar-refractivity contribution in [3.63, 3.8) is 0 Å². The Kier molecular flexibility index (Phi) is 2.92. The van der Waals surface area contributed by atoms with Gasteiger partial charge in [-0.05, 0) is 35.4 Å². The summed E-state index contributed by atoms with van der Waals surface area (Å²) in [5, 5.41) is 0. The second kappa shape index (κ2) is 5.05. The molecule has 4 rings (SSSR count). The molecule has 2 heterocycles. The van der Waals surface area contributed by atoms with Crippen LogP contribution in [0, 0.1) is 0 Å². The Balaban J connectivity index is 1.54. The normalized spacial score (nSPS) is 20.2. The number of nitrogens with zero attached hydrogens (tertiary/aromatic N) is 4. The summed E-state index contributed by atoms with van der Waals surface area (Å²) >= 11 is 0. The SMILES string of the molecule is c1ccc([C@H]2C[C@@H]2c2cnc(-c3ncccn3)nc2)cc1. The van der Waals surface area contributed by atoms with Gasteiger partial charge in [0.15, 0.2) is 11.6 Å². The number of hydrogen-bond acceptors (Lipinski definition) is 4. The second-order valence-electron chi connectivity index (χ2n) is 5.27. The standard InChI is InChI=1S/C17H14N4/c1-2-5-12(6-3-1)14-9-15(14)13-10-20-17(21-11-13)16-18-7-4-8-19-16/h1-8,10-11,14-15H,9H2/t14-,15-/m1/s1. The van der Waals surface area contributed by atoms with Crippen LogP contribution >= 0.6 is 0 Å². The molecule has 0 spiro atoms. The van der Waals surface area contributed by atoms with E-state index in [4.69, 9.17) is 0 Å². The summed E-state index contributed by atoms with van der Waals surface area (Å²) in [4.78, 5) is 17.1. The molecule has 1 fully saturated rings. The summed E-state index contributed by atoms with van der Waals surface area (Å²) in [5.74, 6) is 2.29. The molecule has 3 aromatic rings. The highest BCUT2D eigenvalue weighted by Crippen LogP contribution is 2.54. The number of benzene rings is 1. The third kappa shape index (κ3) is 2.40. The average Bonchev–Trinajstić information content (AvgIpc) is 3.37. The first-order valence-corrected chi connectivity index (χ1v) is 7.06. The zero-order valence-electron chi connectivity index (χ0n) is 11.4. The smallest absolute Gasteiger partial charge is 0.197 e. The number of rotatable bonds is 3. The van der Waals surface area contributed by atoms with Crippen LogP contribution in [0.15, 0.2) is 61.2 Å². The van der Waals surface area contributed by atoms with E-state index in [1.807, 2.05) is 12.4 Å². The Hall–Kier alpha value is -2.62. The molecule has 0 amide bonds. The van der Waals surface area contributed by atoms with Gasteiger partial charge in [0.1, 0.15) is 0 Å². The van der Waals surface area contributed by atoms with Gasteiger partial charge in [-0.3, -0.25) is 0 Å². The molecule has 1 saturated carbocycles. The largest absolute Gasteiger partial charge is 0.234 e. The molecule has 0 aliphatic heterocycles. The van der Waals surface area contributed by atoms with Crippen LogP contribution in [0.3, 0.4) is 0 Å². The molecule has 21 heavy (non-hydrogen) atoms. The first-order chi connectivity index (χ1) is 10.4. The first kappa shape index (κ1) is 12.1. The van der Waals surface area contributed by atoms with Gasteiger partial charge in [0, 0.05) is 24.8 Å². The highest BCUT2D eigenvalue weighted by Gasteiger charge is 2.39. The van der Waals surface area contributed by atoms with Crippen LogP contribution in [0.1, 0.15) is 29.4 Å². The van der Waals surface area contributed by atoms with E-state index >= 15 is 0 Å². The van der Waals surface area contributed by atoms with Crippen molar-refractivity contribution in [2.75, 3.05) is 0 Å². The molecule has 4 nitrogen and oxygen atoms in total. The summed E-state index contributed by atoms with van der Waals surface area (Å²) in [6.45, 7) is 0. The first-order valence-electron chi connectivity index (χ1n) is 7.06. The molecule has 0 radical (unpaired) electrons. The third-order valence-corrected chi connectivity index (χ3v) is 3.88. The van der Waals surface area contributed by atoms with Gasteiger partial charge in [0.25, 0.3) is 0 Å². The molecule has 0 bridgehead atoms. The fraction of sp³-hybridized carbons (Fsp3) is 0.176. The van der Waals surface area contributed by atoms with Crippen LogP contribution < -0.4 is 0 Å². The molecule has 1 aliphatic carbocycles. The van der Waals surface area contributed by atoms with Gasteiger partial charge in [0.05, 0.1) is 0 Å². The third-order valence-electron chi connectivity index (χ3n) is 3.88. The summed E-state index contributed by atoms with van der Waals surface area (Å²) in [6.07, 6.45) is 8.39. The van der Waals surface area contributed by atoms with Gasteiger partial charge in [-0.25, -0.2) is 19.9 Å². The number of hydrogen-bond donors (Lipinski definition) is 0. The highest BCUT2D eigenvalue weighted by molar-refractivity contribution is 5.43. The van der Waals surface area contributed by atoms with Gasteiger partial charge < -0.3 is 0 Å². The van der Waals surface area contributed by atoms with Gasteiger partial charge in [-0.1, -0.05) is 30.3 Å². The maximum atomic E-state index is 4.40. The predicted octanol–water partition coefficient (Wildman–Crippen LogP) is 3.20. The zero-order chi connectivity index (χ0) is 14.1. The van der Waals surface area contributed by atoms with E-state index in [0.29, 0.717) is 23.5 Å². The lowest BCUT2D eigenvalue weighted by Gasteiger charge is -2.02. The highest BCUT2D eigenvalue weighted by atomic mass is 15.0. The fourth-order valence-corrected chi connectivity index (χ4v) is 2.69. The molecule has 4 heteroatoms. The zero-order valence-corrected chi connectivity index (χ0v) is 11.4. The Morgan fingerprint density at radius 3 is 2.00 bits per heavy atom. The van der Waals surface area contributed by atoms with Crippen LogP contribution in [0.2, 0.25) is 0 Å². The Morgan fingerprint density at radius 1 is 0.667 bits per heavy atom. The molecule has 0 N–H and O–H groups in total. The fourth-order valence-electron chi connectivity index (χ4n) is 2.69. The predicted molar refractivity (Wildman–Crippen MR) is 79.6 cm³/mol. The molecule has 0 unspecified atom stereocenters. The van der Waals surface area contributed by atoms with Crippen LogP contribution in [0.5, 0.6) is 0 Å². The van der Waals surface area contributed by atoms with Crippen LogP contribution in [-0.2, 0) is 0 Å². The van der Waals surface area contributed by atoms with Crippen molar-refractivity contribution in [2.45, 2.75) is 18.3 Å². The van der Waals surface area contributed by atoms with E-state index in [-0.39, 0.29) is 0 Å². The van der Waals surface area contributed by atoms with Gasteiger partial charge in [-0.15, -0.1) is 0 Å². The average molecular weight is 274 g/mol. The Labute approximate surface area is 123 Å². The van der Waals surface area contributed by atoms with Crippen LogP contribution in [-0.4, -0.2) is 19.9 Å². The van der Waals surface area contributed by atoms with Crippen LogP contribution in [0.25, 0.3) is 11.6 Å². The van der Waals surface area contributed by atoms with Gasteiger partial charge in [0.2, 0.25) is 0 Å². The van der Waals surface area contributed by atoms with Crippen LogP contribution in [0.4, 0.5) is 0 Å². The van der Waals surface area contributed by atoms with Crippen molar-refractivity contribution < 1.29 is 0 Å². The van der Waals surface area contributed by atoms with E-state index < -0.39 is 0 Å². The van der Waals surface area contributed by atoms with Gasteiger partial charge >= 0.3 is 0 Å². The van der Waals surface area contributed by atoms with Crippen molar-refractivity contribution in [1.29, 1.82) is 0 Å². The topological polar surface area (TPSA) is 51.6 Å². The van der Waals surface area contributed by atoms with Crippen molar-refractivity contribution in [3.8, 4) is 11.6 Å². The molecule has 2 atom stereocenters. The van der Waals surface area contributed by atoms with Crippen molar-refractivity contribution in [1.82, 2.24) is 19.9 Å².